The van der Waals surface area contributed by atoms with E-state index in [0.29, 0.717) is 11.3 Å². The quantitative estimate of drug-likeness (QED) is 0.296. The Labute approximate surface area is 114 Å². The summed E-state index contributed by atoms with van der Waals surface area (Å²) in [5, 5.41) is 11.6. The number of hydrogen-bond donors (Lipinski definition) is 2. The van der Waals surface area contributed by atoms with Crippen molar-refractivity contribution in [2.75, 3.05) is 0 Å². The van der Waals surface area contributed by atoms with Crippen LogP contribution in [-0.4, -0.2) is 16.0 Å². The number of halogens is 1. The lowest BCUT2D eigenvalue weighted by Crippen LogP contribution is -2.15. The Morgan fingerprint density at radius 2 is 2.05 bits per heavy atom. The number of nitrogens with two attached hydrogens (primary N) is 1. The third kappa shape index (κ3) is 3.45. The van der Waals surface area contributed by atoms with Crippen LogP contribution in [0.4, 0.5) is 4.39 Å². The largest absolute Gasteiger partial charge is 0.409 e. The molecule has 6 heteroatoms. The maximum atomic E-state index is 13.2. The molecule has 4 nitrogen and oxygen atoms in total. The fourth-order valence-corrected chi connectivity index (χ4v) is 2.45. The number of oxime groups is 1. The summed E-state index contributed by atoms with van der Waals surface area (Å²) in [5.41, 5.74) is 6.76. The molecule has 2 aromatic rings. The Bertz CT molecular complexity index is 590. The summed E-state index contributed by atoms with van der Waals surface area (Å²) in [6.07, 6.45) is 3.41. The molecule has 0 aliphatic heterocycles. The molecule has 0 radical (unpaired) electrons. The molecule has 0 spiro atoms. The SMILES string of the molecule is NC(=NO)c1cc(F)ccc1CSc1ccncc1. The van der Waals surface area contributed by atoms with Crippen LogP contribution in [0.15, 0.2) is 52.8 Å². The third-order valence-electron chi connectivity index (χ3n) is 2.50. The molecule has 98 valence electrons. The summed E-state index contributed by atoms with van der Waals surface area (Å²) in [4.78, 5) is 4.98. The van der Waals surface area contributed by atoms with Crippen LogP contribution in [0.5, 0.6) is 0 Å². The number of pyridine rings is 1. The second kappa shape index (κ2) is 6.19. The smallest absolute Gasteiger partial charge is 0.170 e. The monoisotopic (exact) mass is 277 g/mol. The molecule has 1 aromatic carbocycles. The first-order valence-corrected chi connectivity index (χ1v) is 6.48. The van der Waals surface area contributed by atoms with Gasteiger partial charge in [0.25, 0.3) is 0 Å². The maximum absolute atomic E-state index is 13.2. The van der Waals surface area contributed by atoms with Gasteiger partial charge in [0.2, 0.25) is 0 Å². The third-order valence-corrected chi connectivity index (χ3v) is 3.56. The first-order valence-electron chi connectivity index (χ1n) is 5.50. The molecule has 0 saturated heterocycles. The van der Waals surface area contributed by atoms with Crippen LogP contribution >= 0.6 is 11.8 Å². The zero-order chi connectivity index (χ0) is 13.7. The zero-order valence-electron chi connectivity index (χ0n) is 9.95. The van der Waals surface area contributed by atoms with Crippen molar-refractivity contribution in [2.45, 2.75) is 10.6 Å². The van der Waals surface area contributed by atoms with E-state index in [1.54, 1.807) is 30.2 Å². The van der Waals surface area contributed by atoms with Crippen molar-refractivity contribution in [3.8, 4) is 0 Å². The van der Waals surface area contributed by atoms with Gasteiger partial charge < -0.3 is 10.9 Å². The fraction of sp³-hybridized carbons (Fsp3) is 0.0769. The van der Waals surface area contributed by atoms with E-state index < -0.39 is 5.82 Å². The number of amidine groups is 1. The Morgan fingerprint density at radius 3 is 2.74 bits per heavy atom. The van der Waals surface area contributed by atoms with Gasteiger partial charge in [-0.25, -0.2) is 4.39 Å². The number of nitrogens with zero attached hydrogens (tertiary/aromatic N) is 2. The minimum Gasteiger partial charge on any atom is -0.409 e. The van der Waals surface area contributed by atoms with Crippen molar-refractivity contribution in [3.05, 3.63) is 59.7 Å². The molecular formula is C13H12FN3OS. The number of hydrogen-bond acceptors (Lipinski definition) is 4. The van der Waals surface area contributed by atoms with Crippen LogP contribution in [0.25, 0.3) is 0 Å². The summed E-state index contributed by atoms with van der Waals surface area (Å²) in [5.74, 6) is 0.0830. The number of rotatable bonds is 4. The van der Waals surface area contributed by atoms with Gasteiger partial charge >= 0.3 is 0 Å². The minimum atomic E-state index is -0.417. The van der Waals surface area contributed by atoms with E-state index in [9.17, 15) is 4.39 Å². The summed E-state index contributed by atoms with van der Waals surface area (Å²) in [6.45, 7) is 0. The van der Waals surface area contributed by atoms with Crippen LogP contribution < -0.4 is 5.73 Å². The van der Waals surface area contributed by atoms with Crippen molar-refractivity contribution in [3.63, 3.8) is 0 Å². The second-order valence-electron chi connectivity index (χ2n) is 3.76. The van der Waals surface area contributed by atoms with Crippen molar-refractivity contribution < 1.29 is 9.60 Å². The Balaban J connectivity index is 2.20. The Morgan fingerprint density at radius 1 is 1.32 bits per heavy atom. The predicted octanol–water partition coefficient (Wildman–Crippen LogP) is 2.61. The highest BCUT2D eigenvalue weighted by Crippen LogP contribution is 2.24. The molecule has 1 heterocycles. The second-order valence-corrected chi connectivity index (χ2v) is 4.81. The van der Waals surface area contributed by atoms with Gasteiger partial charge in [0.1, 0.15) is 5.82 Å². The van der Waals surface area contributed by atoms with Gasteiger partial charge in [0.15, 0.2) is 5.84 Å². The summed E-state index contributed by atoms with van der Waals surface area (Å²) in [6, 6.07) is 8.03. The van der Waals surface area contributed by atoms with Crippen molar-refractivity contribution in [1.82, 2.24) is 4.98 Å². The highest BCUT2D eigenvalue weighted by molar-refractivity contribution is 7.98. The fourth-order valence-electron chi connectivity index (χ4n) is 1.56. The molecular weight excluding hydrogens is 265 g/mol. The summed E-state index contributed by atoms with van der Waals surface area (Å²) in [7, 11) is 0. The molecule has 0 fully saturated rings. The van der Waals surface area contributed by atoms with Crippen molar-refractivity contribution in [1.29, 1.82) is 0 Å². The van der Waals surface area contributed by atoms with E-state index in [-0.39, 0.29) is 5.84 Å². The maximum Gasteiger partial charge on any atom is 0.170 e. The van der Waals surface area contributed by atoms with Crippen LogP contribution in [0.1, 0.15) is 11.1 Å². The van der Waals surface area contributed by atoms with Crippen molar-refractivity contribution >= 4 is 17.6 Å². The van der Waals surface area contributed by atoms with E-state index in [2.05, 4.69) is 10.1 Å². The van der Waals surface area contributed by atoms with Crippen LogP contribution in [0, 0.1) is 5.82 Å². The highest BCUT2D eigenvalue weighted by atomic mass is 32.2. The van der Waals surface area contributed by atoms with E-state index >= 15 is 0 Å². The summed E-state index contributed by atoms with van der Waals surface area (Å²) >= 11 is 1.57. The first-order chi connectivity index (χ1) is 9.20. The van der Waals surface area contributed by atoms with Gasteiger partial charge in [-0.2, -0.15) is 0 Å². The molecule has 0 aliphatic rings. The van der Waals surface area contributed by atoms with Crippen molar-refractivity contribution in [2.24, 2.45) is 10.9 Å². The van der Waals surface area contributed by atoms with Gasteiger partial charge in [-0.05, 0) is 29.8 Å². The topological polar surface area (TPSA) is 71.5 Å². The summed E-state index contributed by atoms with van der Waals surface area (Å²) < 4.78 is 13.2. The van der Waals surface area contributed by atoms with Gasteiger partial charge in [0.05, 0.1) is 0 Å². The van der Waals surface area contributed by atoms with E-state index in [1.165, 1.54) is 12.1 Å². The van der Waals surface area contributed by atoms with E-state index in [0.717, 1.165) is 10.5 Å². The average molecular weight is 277 g/mol. The first kappa shape index (κ1) is 13.4. The van der Waals surface area contributed by atoms with Gasteiger partial charge in [0, 0.05) is 28.6 Å². The number of thioether (sulfide) groups is 1. The number of aromatic nitrogens is 1. The average Bonchev–Trinajstić information content (AvgIpc) is 2.46. The van der Waals surface area contributed by atoms with E-state index in [1.807, 2.05) is 12.1 Å². The van der Waals surface area contributed by atoms with Crippen LogP contribution in [-0.2, 0) is 5.75 Å². The molecule has 19 heavy (non-hydrogen) atoms. The standard InChI is InChI=1S/C13H12FN3OS/c14-10-2-1-9(12(7-10)13(15)17-18)8-19-11-3-5-16-6-4-11/h1-7,18H,8H2,(H2,15,17). The molecule has 0 saturated carbocycles. The lowest BCUT2D eigenvalue weighted by molar-refractivity contribution is 0.318. The van der Waals surface area contributed by atoms with Crippen LogP contribution in [0.3, 0.4) is 0 Å². The predicted molar refractivity (Wildman–Crippen MR) is 72.7 cm³/mol. The molecule has 2 rings (SSSR count). The molecule has 0 amide bonds. The molecule has 3 N–H and O–H groups in total. The van der Waals surface area contributed by atoms with E-state index in [4.69, 9.17) is 10.9 Å². The molecule has 0 aliphatic carbocycles. The molecule has 0 atom stereocenters. The van der Waals surface area contributed by atoms with Gasteiger partial charge in [-0.15, -0.1) is 11.8 Å². The van der Waals surface area contributed by atoms with Crippen LogP contribution in [0.2, 0.25) is 0 Å². The van der Waals surface area contributed by atoms with Gasteiger partial charge in [-0.3, -0.25) is 4.98 Å². The molecule has 0 bridgehead atoms. The zero-order valence-corrected chi connectivity index (χ0v) is 10.8. The highest BCUT2D eigenvalue weighted by Gasteiger charge is 2.09. The van der Waals surface area contributed by atoms with Gasteiger partial charge in [-0.1, -0.05) is 11.2 Å². The Kier molecular flexibility index (Phi) is 4.35. The minimum absolute atomic E-state index is 0.0928. The number of benzene rings is 1. The molecule has 1 aromatic heterocycles. The lowest BCUT2D eigenvalue weighted by atomic mass is 10.1. The lowest BCUT2D eigenvalue weighted by Gasteiger charge is -2.08. The molecule has 0 unspecified atom stereocenters. The Hall–Kier alpha value is -2.08. The normalized spacial score (nSPS) is 11.5.